The first-order valence-electron chi connectivity index (χ1n) is 8.10. The van der Waals surface area contributed by atoms with Crippen molar-refractivity contribution in [3.8, 4) is 0 Å². The minimum Gasteiger partial charge on any atom is -0.381 e. The van der Waals surface area contributed by atoms with Crippen LogP contribution in [0.4, 0.5) is 19.1 Å². The van der Waals surface area contributed by atoms with Gasteiger partial charge in [-0.05, 0) is 12.8 Å². The molecule has 2 aliphatic heterocycles. The van der Waals surface area contributed by atoms with Crippen LogP contribution in [0.2, 0.25) is 0 Å². The van der Waals surface area contributed by atoms with Gasteiger partial charge in [0.25, 0.3) is 5.91 Å². The minimum atomic E-state index is -4.74. The molecule has 2 saturated heterocycles. The molecule has 1 N–H and O–H groups in total. The van der Waals surface area contributed by atoms with E-state index in [2.05, 4.69) is 15.3 Å². The molecular weight excluding hydrogens is 341 g/mol. The van der Waals surface area contributed by atoms with Gasteiger partial charge in [-0.25, -0.2) is 9.97 Å². The highest BCUT2D eigenvalue weighted by Crippen LogP contribution is 2.31. The zero-order chi connectivity index (χ0) is 17.9. The van der Waals surface area contributed by atoms with Crippen LogP contribution in [0.25, 0.3) is 0 Å². The summed E-state index contributed by atoms with van der Waals surface area (Å²) in [6.07, 6.45) is -2.46. The molecule has 0 spiro atoms. The number of ether oxygens (including phenoxy) is 2. The fraction of sp³-hybridized carbons (Fsp3) is 0.667. The van der Waals surface area contributed by atoms with Crippen molar-refractivity contribution in [3.63, 3.8) is 0 Å². The van der Waals surface area contributed by atoms with E-state index in [4.69, 9.17) is 9.47 Å². The largest absolute Gasteiger partial charge is 0.434 e. The Hall–Kier alpha value is -1.94. The topological polar surface area (TPSA) is 76.6 Å². The summed E-state index contributed by atoms with van der Waals surface area (Å²) in [4.78, 5) is 21.3. The molecule has 3 rings (SSSR count). The van der Waals surface area contributed by atoms with Crippen LogP contribution in [0, 0.1) is 0 Å². The molecule has 10 heteroatoms. The Morgan fingerprint density at radius 2 is 1.80 bits per heavy atom. The van der Waals surface area contributed by atoms with Crippen LogP contribution in [0.3, 0.4) is 0 Å². The van der Waals surface area contributed by atoms with Crippen LogP contribution in [0.5, 0.6) is 0 Å². The summed E-state index contributed by atoms with van der Waals surface area (Å²) in [5, 5.41) is 2.89. The number of amides is 1. The molecule has 7 nitrogen and oxygen atoms in total. The molecule has 0 radical (unpaired) electrons. The zero-order valence-corrected chi connectivity index (χ0v) is 13.5. The van der Waals surface area contributed by atoms with Gasteiger partial charge in [0.2, 0.25) is 5.95 Å². The number of carbonyl (C=O) groups excluding carboxylic acids is 1. The van der Waals surface area contributed by atoms with Crippen molar-refractivity contribution in [2.45, 2.75) is 25.1 Å². The predicted octanol–water partition coefficient (Wildman–Crippen LogP) is 1.56. The van der Waals surface area contributed by atoms with E-state index in [0.29, 0.717) is 39.3 Å². The molecule has 3 heterocycles. The number of nitrogens with zero attached hydrogens (tertiary/aromatic N) is 3. The van der Waals surface area contributed by atoms with E-state index in [0.717, 1.165) is 6.20 Å². The van der Waals surface area contributed by atoms with E-state index in [-0.39, 0.29) is 25.1 Å². The number of aromatic nitrogens is 2. The lowest BCUT2D eigenvalue weighted by atomic mass is 10.1. The quantitative estimate of drug-likeness (QED) is 0.882. The van der Waals surface area contributed by atoms with Gasteiger partial charge in [-0.1, -0.05) is 0 Å². The fourth-order valence-electron chi connectivity index (χ4n) is 2.79. The fourth-order valence-corrected chi connectivity index (χ4v) is 2.79. The summed E-state index contributed by atoms with van der Waals surface area (Å²) in [7, 11) is 0. The van der Waals surface area contributed by atoms with Crippen molar-refractivity contribution >= 4 is 11.9 Å². The first kappa shape index (κ1) is 17.9. The smallest absolute Gasteiger partial charge is 0.381 e. The Morgan fingerprint density at radius 3 is 2.44 bits per heavy atom. The van der Waals surface area contributed by atoms with Gasteiger partial charge in [0, 0.05) is 38.5 Å². The third-order valence-corrected chi connectivity index (χ3v) is 4.14. The van der Waals surface area contributed by atoms with E-state index in [9.17, 15) is 18.0 Å². The van der Waals surface area contributed by atoms with E-state index in [1.54, 1.807) is 0 Å². The summed E-state index contributed by atoms with van der Waals surface area (Å²) in [6.45, 7) is 2.18. The second kappa shape index (κ2) is 7.52. The molecule has 1 aromatic heterocycles. The molecule has 1 amide bonds. The highest BCUT2D eigenvalue weighted by atomic mass is 19.4. The van der Waals surface area contributed by atoms with Crippen molar-refractivity contribution in [1.82, 2.24) is 14.9 Å². The lowest BCUT2D eigenvalue weighted by Gasteiger charge is -2.28. The number of hydrogen-bond donors (Lipinski definition) is 1. The maximum absolute atomic E-state index is 13.4. The summed E-state index contributed by atoms with van der Waals surface area (Å²) in [5.41, 5.74) is -1.75. The SMILES string of the molecule is O=C(c1cnc(NC2CCOCC2)nc1C(F)(F)F)N1CCOCC1. The van der Waals surface area contributed by atoms with Crippen molar-refractivity contribution in [1.29, 1.82) is 0 Å². The summed E-state index contributed by atoms with van der Waals surface area (Å²) in [6, 6.07) is -0.0457. The first-order valence-corrected chi connectivity index (χ1v) is 8.10. The van der Waals surface area contributed by atoms with Gasteiger partial charge in [0.15, 0.2) is 5.69 Å². The number of rotatable bonds is 3. The summed E-state index contributed by atoms with van der Waals surface area (Å²) >= 11 is 0. The number of morpholine rings is 1. The van der Waals surface area contributed by atoms with Gasteiger partial charge in [-0.2, -0.15) is 13.2 Å². The maximum Gasteiger partial charge on any atom is 0.434 e. The molecule has 0 unspecified atom stereocenters. The Labute approximate surface area is 142 Å². The van der Waals surface area contributed by atoms with E-state index < -0.39 is 23.3 Å². The van der Waals surface area contributed by atoms with Gasteiger partial charge in [0.05, 0.1) is 18.8 Å². The average Bonchev–Trinajstić information content (AvgIpc) is 2.62. The number of halogens is 3. The zero-order valence-electron chi connectivity index (χ0n) is 13.5. The Bertz CT molecular complexity index is 615. The predicted molar refractivity (Wildman–Crippen MR) is 81.2 cm³/mol. The third kappa shape index (κ3) is 4.37. The monoisotopic (exact) mass is 360 g/mol. The van der Waals surface area contributed by atoms with Gasteiger partial charge in [-0.3, -0.25) is 4.79 Å². The summed E-state index contributed by atoms with van der Waals surface area (Å²) < 4.78 is 50.5. The lowest BCUT2D eigenvalue weighted by Crippen LogP contribution is -2.41. The van der Waals surface area contributed by atoms with Crippen LogP contribution in [0.1, 0.15) is 28.9 Å². The number of alkyl halides is 3. The van der Waals surface area contributed by atoms with Crippen LogP contribution >= 0.6 is 0 Å². The molecule has 138 valence electrons. The molecule has 0 bridgehead atoms. The molecule has 0 aliphatic carbocycles. The van der Waals surface area contributed by atoms with Crippen LogP contribution in [-0.2, 0) is 15.7 Å². The van der Waals surface area contributed by atoms with Crippen molar-refractivity contribution in [2.24, 2.45) is 0 Å². The number of hydrogen-bond acceptors (Lipinski definition) is 6. The van der Waals surface area contributed by atoms with E-state index >= 15 is 0 Å². The summed E-state index contributed by atoms with van der Waals surface area (Å²) in [5.74, 6) is -0.856. The van der Waals surface area contributed by atoms with Gasteiger partial charge >= 0.3 is 6.18 Å². The molecule has 1 aromatic rings. The molecule has 25 heavy (non-hydrogen) atoms. The Kier molecular flexibility index (Phi) is 5.38. The molecule has 2 fully saturated rings. The number of anilines is 1. The van der Waals surface area contributed by atoms with Gasteiger partial charge < -0.3 is 19.7 Å². The van der Waals surface area contributed by atoms with Gasteiger partial charge in [-0.15, -0.1) is 0 Å². The van der Waals surface area contributed by atoms with Crippen molar-refractivity contribution in [3.05, 3.63) is 17.5 Å². The van der Waals surface area contributed by atoms with Crippen molar-refractivity contribution < 1.29 is 27.4 Å². The van der Waals surface area contributed by atoms with Gasteiger partial charge in [0.1, 0.15) is 0 Å². The third-order valence-electron chi connectivity index (χ3n) is 4.14. The standard InChI is InChI=1S/C15H19F3N4O3/c16-15(17,18)12-11(13(23)22-3-7-25-8-4-22)9-19-14(21-12)20-10-1-5-24-6-2-10/h9-10H,1-8H2,(H,19,20,21). The number of carbonyl (C=O) groups is 1. The molecule has 2 aliphatic rings. The second-order valence-corrected chi connectivity index (χ2v) is 5.89. The normalized spacial score (nSPS) is 19.7. The Balaban J connectivity index is 1.83. The molecule has 0 saturated carbocycles. The van der Waals surface area contributed by atoms with Crippen molar-refractivity contribution in [2.75, 3.05) is 44.8 Å². The molecular formula is C15H19F3N4O3. The Morgan fingerprint density at radius 1 is 1.16 bits per heavy atom. The first-order chi connectivity index (χ1) is 11.9. The number of nitrogens with one attached hydrogen (secondary N) is 1. The van der Waals surface area contributed by atoms with E-state index in [1.807, 2.05) is 0 Å². The van der Waals surface area contributed by atoms with E-state index in [1.165, 1.54) is 4.90 Å². The van der Waals surface area contributed by atoms with Crippen LogP contribution < -0.4 is 5.32 Å². The molecule has 0 atom stereocenters. The molecule has 0 aromatic carbocycles. The van der Waals surface area contributed by atoms with Crippen LogP contribution in [0.15, 0.2) is 6.20 Å². The minimum absolute atomic E-state index is 0.0457. The maximum atomic E-state index is 13.4. The second-order valence-electron chi connectivity index (χ2n) is 5.89. The lowest BCUT2D eigenvalue weighted by molar-refractivity contribution is -0.141. The highest BCUT2D eigenvalue weighted by molar-refractivity contribution is 5.95. The highest BCUT2D eigenvalue weighted by Gasteiger charge is 2.39. The average molecular weight is 360 g/mol. The van der Waals surface area contributed by atoms with Crippen LogP contribution in [-0.4, -0.2) is 66.3 Å².